The van der Waals surface area contributed by atoms with Gasteiger partial charge >= 0.3 is 5.97 Å². The van der Waals surface area contributed by atoms with E-state index in [1.165, 1.54) is 26.2 Å². The number of nitrogens with zero attached hydrogens (tertiary/aromatic N) is 2. The molecule has 1 unspecified atom stereocenters. The summed E-state index contributed by atoms with van der Waals surface area (Å²) in [4.78, 5) is 41.2. The van der Waals surface area contributed by atoms with Crippen molar-refractivity contribution >= 4 is 35.1 Å². The second-order valence-electron chi connectivity index (χ2n) is 9.89. The number of halogens is 1. The molecule has 0 bridgehead atoms. The summed E-state index contributed by atoms with van der Waals surface area (Å²) in [6.45, 7) is 6.10. The van der Waals surface area contributed by atoms with Crippen molar-refractivity contribution in [2.75, 3.05) is 58.7 Å². The van der Waals surface area contributed by atoms with E-state index in [4.69, 9.17) is 31.5 Å². The molecule has 0 aromatic heterocycles. The number of esters is 1. The van der Waals surface area contributed by atoms with Crippen molar-refractivity contribution in [1.82, 2.24) is 15.1 Å². The summed E-state index contributed by atoms with van der Waals surface area (Å²) >= 11 is 6.10. The fourth-order valence-corrected chi connectivity index (χ4v) is 5.18. The van der Waals surface area contributed by atoms with Crippen LogP contribution in [0.15, 0.2) is 36.4 Å². The molecule has 0 spiro atoms. The number of nitrogens with one attached hydrogen (secondary N) is 1. The molecule has 0 aliphatic carbocycles. The third-order valence-corrected chi connectivity index (χ3v) is 7.36. The molecule has 2 amide bonds. The third kappa shape index (κ3) is 7.62. The summed E-state index contributed by atoms with van der Waals surface area (Å²) in [6, 6.07) is 9.78. The molecule has 11 heteroatoms. The van der Waals surface area contributed by atoms with Gasteiger partial charge in [0.05, 0.1) is 36.1 Å². The van der Waals surface area contributed by atoms with Gasteiger partial charge in [-0.25, -0.2) is 0 Å². The second-order valence-corrected chi connectivity index (χ2v) is 10.3. The number of piperidine rings is 1. The fraction of sp³-hybridized carbons (Fsp3) is 0.464. The Bertz CT molecular complexity index is 1200. The number of carbonyl (C=O) groups excluding carboxylic acids is 3. The molecule has 2 aromatic rings. The van der Waals surface area contributed by atoms with E-state index in [2.05, 4.69) is 10.2 Å². The second kappa shape index (κ2) is 13.1. The van der Waals surface area contributed by atoms with E-state index in [9.17, 15) is 14.4 Å². The Morgan fingerprint density at radius 1 is 1.15 bits per heavy atom. The van der Waals surface area contributed by atoms with Crippen molar-refractivity contribution < 1.29 is 28.6 Å². The Morgan fingerprint density at radius 3 is 2.64 bits per heavy atom. The number of nitrogens with two attached hydrogens (primary N) is 1. The van der Waals surface area contributed by atoms with Crippen LogP contribution in [0.2, 0.25) is 5.02 Å². The highest BCUT2D eigenvalue weighted by molar-refractivity contribution is 6.33. The van der Waals surface area contributed by atoms with Crippen LogP contribution in [0.3, 0.4) is 0 Å². The minimum absolute atomic E-state index is 0.0522. The summed E-state index contributed by atoms with van der Waals surface area (Å²) < 4.78 is 16.3. The molecule has 210 valence electrons. The average molecular weight is 559 g/mol. The Hall–Kier alpha value is -3.34. The number of hydrogen-bond donors (Lipinski definition) is 2. The van der Waals surface area contributed by atoms with E-state index >= 15 is 0 Å². The number of morpholine rings is 1. The number of rotatable bonds is 8. The van der Waals surface area contributed by atoms with Crippen LogP contribution in [0.4, 0.5) is 5.69 Å². The molecule has 1 atom stereocenters. The Kier molecular flexibility index (Phi) is 9.66. The molecule has 2 saturated heterocycles. The average Bonchev–Trinajstić information content (AvgIpc) is 2.93. The van der Waals surface area contributed by atoms with Crippen LogP contribution in [0.1, 0.15) is 40.5 Å². The number of methoxy groups -OCH3 is 1. The zero-order valence-corrected chi connectivity index (χ0v) is 23.0. The maximum Gasteiger partial charge on any atom is 0.308 e. The highest BCUT2D eigenvalue weighted by Crippen LogP contribution is 2.29. The first kappa shape index (κ1) is 28.7. The molecule has 2 aromatic carbocycles. The number of amides is 2. The lowest BCUT2D eigenvalue weighted by atomic mass is 9.95. The molecule has 39 heavy (non-hydrogen) atoms. The van der Waals surface area contributed by atoms with E-state index < -0.39 is 5.97 Å². The maximum atomic E-state index is 13.0. The van der Waals surface area contributed by atoms with E-state index in [-0.39, 0.29) is 17.9 Å². The Morgan fingerprint density at radius 2 is 1.92 bits per heavy atom. The largest absolute Gasteiger partial charge is 0.496 e. The molecule has 0 saturated carbocycles. The van der Waals surface area contributed by atoms with Crippen LogP contribution >= 0.6 is 11.6 Å². The van der Waals surface area contributed by atoms with Gasteiger partial charge < -0.3 is 30.2 Å². The van der Waals surface area contributed by atoms with Crippen molar-refractivity contribution in [3.8, 4) is 11.5 Å². The first-order valence-corrected chi connectivity index (χ1v) is 13.4. The van der Waals surface area contributed by atoms with Gasteiger partial charge in [-0.05, 0) is 43.0 Å². The molecular weight excluding hydrogens is 524 g/mol. The minimum atomic E-state index is -0.417. The van der Waals surface area contributed by atoms with Crippen LogP contribution in [0, 0.1) is 5.92 Å². The van der Waals surface area contributed by atoms with Crippen LogP contribution in [-0.4, -0.2) is 86.7 Å². The van der Waals surface area contributed by atoms with Crippen molar-refractivity contribution in [1.29, 1.82) is 0 Å². The lowest BCUT2D eigenvalue weighted by Crippen LogP contribution is -2.50. The summed E-state index contributed by atoms with van der Waals surface area (Å²) in [5.41, 5.74) is 7.00. The molecule has 0 radical (unpaired) electrons. The third-order valence-electron chi connectivity index (χ3n) is 7.04. The van der Waals surface area contributed by atoms with Crippen molar-refractivity contribution in [2.45, 2.75) is 25.9 Å². The Labute approximate surface area is 233 Å². The van der Waals surface area contributed by atoms with Gasteiger partial charge in [0.15, 0.2) is 0 Å². The summed E-state index contributed by atoms with van der Waals surface area (Å²) in [5.74, 6) is 0.435. The number of ether oxygens (including phenoxy) is 3. The van der Waals surface area contributed by atoms with Crippen molar-refractivity contribution in [3.63, 3.8) is 0 Å². The van der Waals surface area contributed by atoms with Crippen LogP contribution < -0.4 is 20.5 Å². The van der Waals surface area contributed by atoms with Gasteiger partial charge in [0.25, 0.3) is 11.8 Å². The lowest BCUT2D eigenvalue weighted by Gasteiger charge is -2.38. The maximum absolute atomic E-state index is 13.0. The van der Waals surface area contributed by atoms with Gasteiger partial charge in [-0.1, -0.05) is 17.7 Å². The Balaban J connectivity index is 1.23. The highest BCUT2D eigenvalue weighted by atomic mass is 35.5. The normalized spacial score (nSPS) is 18.4. The highest BCUT2D eigenvalue weighted by Gasteiger charge is 2.28. The van der Waals surface area contributed by atoms with Crippen LogP contribution in [-0.2, 0) is 9.53 Å². The molecule has 2 heterocycles. The SMILES string of the molecule is COc1cc(N)c(Cl)cc1C(=O)NCC1CN(CC2CCN(C(=O)c3cccc(OC(C)=O)c3)CC2)CCO1. The van der Waals surface area contributed by atoms with Gasteiger partial charge in [-0.2, -0.15) is 0 Å². The summed E-state index contributed by atoms with van der Waals surface area (Å²) in [6.07, 6.45) is 1.68. The van der Waals surface area contributed by atoms with Crippen molar-refractivity contribution in [2.24, 2.45) is 5.92 Å². The number of likely N-dealkylation sites (tertiary alicyclic amines) is 1. The van der Waals surface area contributed by atoms with Crippen molar-refractivity contribution in [3.05, 3.63) is 52.5 Å². The predicted molar refractivity (Wildman–Crippen MR) is 147 cm³/mol. The molecule has 4 rings (SSSR count). The van der Waals surface area contributed by atoms with Crippen LogP contribution in [0.5, 0.6) is 11.5 Å². The van der Waals surface area contributed by atoms with E-state index in [1.807, 2.05) is 4.90 Å². The number of nitrogen functional groups attached to an aromatic ring is 1. The molecule has 3 N–H and O–H groups in total. The van der Waals surface area contributed by atoms with Gasteiger partial charge in [0, 0.05) is 57.8 Å². The monoisotopic (exact) mass is 558 g/mol. The first-order valence-electron chi connectivity index (χ1n) is 13.1. The van der Waals surface area contributed by atoms with E-state index in [0.717, 1.165) is 25.9 Å². The first-order chi connectivity index (χ1) is 18.7. The quantitative estimate of drug-likeness (QED) is 0.288. The lowest BCUT2D eigenvalue weighted by molar-refractivity contribution is -0.131. The standard InChI is InChI=1S/C28H35ClN4O6/c1-18(34)39-21-5-3-4-20(12-21)28(36)33-8-6-19(7-9-33)16-32-10-11-38-22(17-32)15-31-27(35)23-13-24(29)25(30)14-26(23)37-2/h3-5,12-14,19,22H,6-11,15-17,30H2,1-2H3,(H,31,35). The zero-order chi connectivity index (χ0) is 27.9. The van der Waals surface area contributed by atoms with Gasteiger partial charge in [-0.3, -0.25) is 19.3 Å². The smallest absolute Gasteiger partial charge is 0.308 e. The fourth-order valence-electron chi connectivity index (χ4n) is 5.01. The number of anilines is 1. The zero-order valence-electron chi connectivity index (χ0n) is 22.3. The van der Waals surface area contributed by atoms with E-state index in [1.54, 1.807) is 24.3 Å². The van der Waals surface area contributed by atoms with Gasteiger partial charge in [-0.15, -0.1) is 0 Å². The minimum Gasteiger partial charge on any atom is -0.496 e. The van der Waals surface area contributed by atoms with Gasteiger partial charge in [0.2, 0.25) is 0 Å². The van der Waals surface area contributed by atoms with E-state index in [0.29, 0.717) is 72.0 Å². The predicted octanol–water partition coefficient (Wildman–Crippen LogP) is 2.84. The molecule has 2 aliphatic heterocycles. The summed E-state index contributed by atoms with van der Waals surface area (Å²) in [7, 11) is 1.48. The van der Waals surface area contributed by atoms with Gasteiger partial charge in [0.1, 0.15) is 11.5 Å². The molecule has 2 aliphatic rings. The topological polar surface area (TPSA) is 123 Å². The summed E-state index contributed by atoms with van der Waals surface area (Å²) in [5, 5.41) is 3.22. The molecule has 2 fully saturated rings. The molecular formula is C28H35ClN4O6. The number of carbonyl (C=O) groups is 3. The number of benzene rings is 2. The molecule has 10 nitrogen and oxygen atoms in total. The number of hydrogen-bond acceptors (Lipinski definition) is 8. The van der Waals surface area contributed by atoms with Crippen LogP contribution in [0.25, 0.3) is 0 Å².